The van der Waals surface area contributed by atoms with Crippen molar-refractivity contribution in [3.05, 3.63) is 101 Å². The lowest BCUT2D eigenvalue weighted by Gasteiger charge is -2.22. The number of aryl methyl sites for hydroxylation is 1. The summed E-state index contributed by atoms with van der Waals surface area (Å²) >= 11 is 0.958. The number of ether oxygens (including phenoxy) is 1. The van der Waals surface area contributed by atoms with Gasteiger partial charge in [0.15, 0.2) is 5.13 Å². The van der Waals surface area contributed by atoms with E-state index in [-0.39, 0.29) is 27.9 Å². The normalized spacial score (nSPS) is 17.2. The van der Waals surface area contributed by atoms with Gasteiger partial charge >= 0.3 is 11.9 Å². The summed E-state index contributed by atoms with van der Waals surface area (Å²) in [6, 6.07) is 16.6. The average Bonchev–Trinajstić information content (AvgIpc) is 3.35. The van der Waals surface area contributed by atoms with E-state index in [2.05, 4.69) is 11.6 Å². The van der Waals surface area contributed by atoms with Crippen molar-refractivity contribution in [1.29, 1.82) is 0 Å². The third-order valence-electron chi connectivity index (χ3n) is 5.12. The highest BCUT2D eigenvalue weighted by Gasteiger charge is 2.48. The standard InChI is InChI=1S/C25H20N2O5S/c1-3-14-32-24(31)22-15(2)26-25(33-22)27-19(16-10-6-4-7-11-16)18(21(29)23(27)30)20(28)17-12-8-5-9-13-17/h3-13,19,28H,1,14H2,2H3. The summed E-state index contributed by atoms with van der Waals surface area (Å²) in [5, 5.41) is 11.2. The van der Waals surface area contributed by atoms with E-state index in [0.29, 0.717) is 16.8 Å². The van der Waals surface area contributed by atoms with Crippen LogP contribution >= 0.6 is 11.3 Å². The fourth-order valence-corrected chi connectivity index (χ4v) is 4.59. The van der Waals surface area contributed by atoms with Gasteiger partial charge in [-0.3, -0.25) is 14.5 Å². The lowest BCUT2D eigenvalue weighted by Crippen LogP contribution is -2.29. The Morgan fingerprint density at radius 2 is 1.79 bits per heavy atom. The third kappa shape index (κ3) is 4.08. The highest BCUT2D eigenvalue weighted by Crippen LogP contribution is 2.43. The summed E-state index contributed by atoms with van der Waals surface area (Å²) in [6.07, 6.45) is 1.45. The highest BCUT2D eigenvalue weighted by molar-refractivity contribution is 7.17. The molecule has 1 unspecified atom stereocenters. The van der Waals surface area contributed by atoms with Crippen LogP contribution in [-0.4, -0.2) is 34.4 Å². The van der Waals surface area contributed by atoms with Crippen LogP contribution in [-0.2, 0) is 14.3 Å². The number of thiazole rings is 1. The van der Waals surface area contributed by atoms with Crippen LogP contribution < -0.4 is 4.90 Å². The fourth-order valence-electron chi connectivity index (χ4n) is 3.61. The molecule has 33 heavy (non-hydrogen) atoms. The number of aliphatic hydroxyl groups is 1. The molecular weight excluding hydrogens is 440 g/mol. The smallest absolute Gasteiger partial charge is 0.350 e. The van der Waals surface area contributed by atoms with Crippen molar-refractivity contribution in [2.45, 2.75) is 13.0 Å². The number of hydrogen-bond acceptors (Lipinski definition) is 7. The highest BCUT2D eigenvalue weighted by atomic mass is 32.1. The quantitative estimate of drug-likeness (QED) is 0.192. The molecule has 3 aromatic rings. The SMILES string of the molecule is C=CCOC(=O)c1sc(N2C(=O)C(=O)C(=C(O)c3ccccc3)C2c2ccccc2)nc1C. The minimum Gasteiger partial charge on any atom is -0.507 e. The molecule has 0 radical (unpaired) electrons. The Hall–Kier alpha value is -4.04. The molecule has 1 saturated heterocycles. The Labute approximate surface area is 194 Å². The van der Waals surface area contributed by atoms with Crippen LogP contribution in [0.5, 0.6) is 0 Å². The van der Waals surface area contributed by atoms with Gasteiger partial charge < -0.3 is 9.84 Å². The number of benzene rings is 2. The molecule has 0 spiro atoms. The maximum Gasteiger partial charge on any atom is 0.350 e. The van der Waals surface area contributed by atoms with Crippen LogP contribution in [0.15, 0.2) is 78.9 Å². The van der Waals surface area contributed by atoms with Crippen LogP contribution in [0.4, 0.5) is 5.13 Å². The van der Waals surface area contributed by atoms with Crippen molar-refractivity contribution in [3.8, 4) is 0 Å². The monoisotopic (exact) mass is 460 g/mol. The number of Topliss-reactive ketones (excluding diaryl/α,β-unsaturated/α-hetero) is 1. The van der Waals surface area contributed by atoms with Gasteiger partial charge in [0.25, 0.3) is 5.78 Å². The molecule has 2 aromatic carbocycles. The van der Waals surface area contributed by atoms with Gasteiger partial charge in [0, 0.05) is 5.56 Å². The first kappa shape index (κ1) is 22.2. The van der Waals surface area contributed by atoms with E-state index >= 15 is 0 Å². The summed E-state index contributed by atoms with van der Waals surface area (Å²) in [6.45, 7) is 5.19. The molecule has 2 heterocycles. The van der Waals surface area contributed by atoms with Gasteiger partial charge in [-0.2, -0.15) is 0 Å². The number of aromatic nitrogens is 1. The fraction of sp³-hybridized carbons (Fsp3) is 0.120. The summed E-state index contributed by atoms with van der Waals surface area (Å²) in [5.74, 6) is -2.52. The zero-order valence-corrected chi connectivity index (χ0v) is 18.5. The third-order valence-corrected chi connectivity index (χ3v) is 6.25. The van der Waals surface area contributed by atoms with E-state index in [4.69, 9.17) is 4.74 Å². The molecule has 7 nitrogen and oxygen atoms in total. The average molecular weight is 461 g/mol. The second kappa shape index (κ2) is 9.22. The van der Waals surface area contributed by atoms with Crippen LogP contribution in [0.1, 0.15) is 32.5 Å². The second-order valence-corrected chi connectivity index (χ2v) is 8.22. The summed E-state index contributed by atoms with van der Waals surface area (Å²) < 4.78 is 5.10. The van der Waals surface area contributed by atoms with Gasteiger partial charge in [0.05, 0.1) is 17.3 Å². The van der Waals surface area contributed by atoms with E-state index in [1.807, 2.05) is 6.07 Å². The summed E-state index contributed by atoms with van der Waals surface area (Å²) in [4.78, 5) is 44.5. The van der Waals surface area contributed by atoms with Crippen molar-refractivity contribution in [1.82, 2.24) is 4.98 Å². The van der Waals surface area contributed by atoms with Gasteiger partial charge in [-0.25, -0.2) is 9.78 Å². The first-order chi connectivity index (χ1) is 15.9. The topological polar surface area (TPSA) is 96.8 Å². The number of anilines is 1. The van der Waals surface area contributed by atoms with Gasteiger partial charge in [-0.1, -0.05) is 84.7 Å². The molecule has 4 rings (SSSR count). The van der Waals surface area contributed by atoms with Gasteiger partial charge in [-0.15, -0.1) is 0 Å². The predicted octanol–water partition coefficient (Wildman–Crippen LogP) is 4.42. The molecule has 1 atom stereocenters. The number of amides is 1. The molecule has 1 amide bonds. The zero-order valence-electron chi connectivity index (χ0n) is 17.7. The molecule has 166 valence electrons. The molecule has 1 aromatic heterocycles. The molecule has 1 N–H and O–H groups in total. The molecule has 0 aliphatic carbocycles. The summed E-state index contributed by atoms with van der Waals surface area (Å²) in [7, 11) is 0. The van der Waals surface area contributed by atoms with Crippen molar-refractivity contribution >= 4 is 39.9 Å². The number of aliphatic hydroxyl groups excluding tert-OH is 1. The maximum absolute atomic E-state index is 13.2. The van der Waals surface area contributed by atoms with E-state index in [1.54, 1.807) is 61.5 Å². The number of carbonyl (C=O) groups is 3. The number of esters is 1. The van der Waals surface area contributed by atoms with Crippen LogP contribution in [0, 0.1) is 6.92 Å². The van der Waals surface area contributed by atoms with Gasteiger partial charge in [-0.05, 0) is 12.5 Å². The zero-order chi connectivity index (χ0) is 23.5. The van der Waals surface area contributed by atoms with Crippen LogP contribution in [0.3, 0.4) is 0 Å². The van der Waals surface area contributed by atoms with E-state index in [9.17, 15) is 19.5 Å². The Morgan fingerprint density at radius 3 is 2.42 bits per heavy atom. The number of carbonyl (C=O) groups excluding carboxylic acids is 3. The predicted molar refractivity (Wildman–Crippen MR) is 125 cm³/mol. The first-order valence-corrected chi connectivity index (χ1v) is 10.9. The largest absolute Gasteiger partial charge is 0.507 e. The molecular formula is C25H20N2O5S. The van der Waals surface area contributed by atoms with Crippen LogP contribution in [0.25, 0.3) is 5.76 Å². The van der Waals surface area contributed by atoms with Crippen molar-refractivity contribution in [2.75, 3.05) is 11.5 Å². The molecule has 0 bridgehead atoms. The lowest BCUT2D eigenvalue weighted by atomic mass is 9.95. The lowest BCUT2D eigenvalue weighted by molar-refractivity contribution is -0.132. The Balaban J connectivity index is 1.86. The molecule has 1 aliphatic heterocycles. The number of hydrogen-bond donors (Lipinski definition) is 1. The molecule has 0 saturated carbocycles. The number of rotatable bonds is 6. The molecule has 8 heteroatoms. The minimum absolute atomic E-state index is 0.0388. The maximum atomic E-state index is 13.2. The van der Waals surface area contributed by atoms with E-state index in [1.165, 1.54) is 11.0 Å². The van der Waals surface area contributed by atoms with Gasteiger partial charge in [0.1, 0.15) is 17.2 Å². The summed E-state index contributed by atoms with van der Waals surface area (Å²) in [5.41, 5.74) is 1.38. The van der Waals surface area contributed by atoms with Crippen molar-refractivity contribution < 1.29 is 24.2 Å². The second-order valence-electron chi connectivity index (χ2n) is 7.24. The molecule has 1 aliphatic rings. The minimum atomic E-state index is -0.908. The van der Waals surface area contributed by atoms with Crippen molar-refractivity contribution in [2.24, 2.45) is 0 Å². The van der Waals surface area contributed by atoms with Crippen molar-refractivity contribution in [3.63, 3.8) is 0 Å². The first-order valence-electron chi connectivity index (χ1n) is 10.1. The number of ketones is 1. The number of nitrogens with zero attached hydrogens (tertiary/aromatic N) is 2. The van der Waals surface area contributed by atoms with Crippen LogP contribution in [0.2, 0.25) is 0 Å². The Morgan fingerprint density at radius 1 is 1.15 bits per heavy atom. The Bertz CT molecular complexity index is 1260. The van der Waals surface area contributed by atoms with E-state index < -0.39 is 23.7 Å². The van der Waals surface area contributed by atoms with Gasteiger partial charge in [0.2, 0.25) is 0 Å². The molecule has 1 fully saturated rings. The Kier molecular flexibility index (Phi) is 6.19. The van der Waals surface area contributed by atoms with E-state index in [0.717, 1.165) is 11.3 Å².